The Morgan fingerprint density at radius 1 is 1.16 bits per heavy atom. The summed E-state index contributed by atoms with van der Waals surface area (Å²) < 4.78 is 0. The average Bonchev–Trinajstić information content (AvgIpc) is 2.55. The number of hydrogen-bond acceptors (Lipinski definition) is 2. The van der Waals surface area contributed by atoms with Crippen LogP contribution in [0.1, 0.15) is 77.6 Å². The number of hydrogen-bond donors (Lipinski definition) is 2. The molecule has 142 valence electrons. The van der Waals surface area contributed by atoms with E-state index in [-0.39, 0.29) is 12.5 Å². The van der Waals surface area contributed by atoms with Gasteiger partial charge in [0, 0.05) is 6.42 Å². The zero-order valence-corrected chi connectivity index (χ0v) is 15.8. The van der Waals surface area contributed by atoms with Crippen molar-refractivity contribution in [2.75, 3.05) is 0 Å². The minimum atomic E-state index is -0.705. The van der Waals surface area contributed by atoms with Gasteiger partial charge in [0.05, 0.1) is 6.10 Å². The van der Waals surface area contributed by atoms with Crippen molar-refractivity contribution in [1.29, 1.82) is 0 Å². The molecule has 3 rings (SSSR count). The van der Waals surface area contributed by atoms with E-state index in [0.29, 0.717) is 11.8 Å². The number of aliphatic hydroxyl groups excluding tert-OH is 1. The first-order valence-electron chi connectivity index (χ1n) is 10.3. The number of allylic oxidation sites excluding steroid dienone is 3. The second-order valence-electron chi connectivity index (χ2n) is 8.10. The molecule has 3 nitrogen and oxygen atoms in total. The summed E-state index contributed by atoms with van der Waals surface area (Å²) in [5.41, 5.74) is 0. The van der Waals surface area contributed by atoms with Crippen molar-refractivity contribution >= 4 is 5.97 Å². The fourth-order valence-corrected chi connectivity index (χ4v) is 4.54. The number of aliphatic carboxylic acids is 1. The smallest absolute Gasteiger partial charge is 0.303 e. The molecule has 3 saturated carbocycles. The Labute approximate surface area is 153 Å². The summed E-state index contributed by atoms with van der Waals surface area (Å²) in [6.07, 6.45) is 19.9. The molecular formula is C22H36O3. The molecule has 3 heteroatoms. The molecule has 3 fully saturated rings. The lowest BCUT2D eigenvalue weighted by molar-refractivity contribution is -0.137. The average molecular weight is 349 g/mol. The molecule has 0 heterocycles. The van der Waals surface area contributed by atoms with Crippen LogP contribution in [0.4, 0.5) is 0 Å². The topological polar surface area (TPSA) is 57.5 Å². The van der Waals surface area contributed by atoms with Gasteiger partial charge in [-0.05, 0) is 68.6 Å². The number of carbonyl (C=O) groups is 1. The fourth-order valence-electron chi connectivity index (χ4n) is 4.54. The van der Waals surface area contributed by atoms with Gasteiger partial charge in [-0.3, -0.25) is 4.79 Å². The second-order valence-corrected chi connectivity index (χ2v) is 8.10. The molecule has 25 heavy (non-hydrogen) atoms. The van der Waals surface area contributed by atoms with E-state index in [2.05, 4.69) is 31.2 Å². The van der Waals surface area contributed by atoms with Crippen LogP contribution >= 0.6 is 0 Å². The third-order valence-corrected chi connectivity index (χ3v) is 6.05. The Balaban J connectivity index is 1.76. The van der Waals surface area contributed by atoms with Gasteiger partial charge >= 0.3 is 5.97 Å². The van der Waals surface area contributed by atoms with Gasteiger partial charge in [-0.25, -0.2) is 0 Å². The quantitative estimate of drug-likeness (QED) is 0.369. The van der Waals surface area contributed by atoms with E-state index in [1.165, 1.54) is 32.1 Å². The summed E-state index contributed by atoms with van der Waals surface area (Å²) in [7, 11) is 0. The molecule has 0 aromatic rings. The molecule has 2 bridgehead atoms. The molecule has 0 saturated heterocycles. The molecule has 0 aliphatic heterocycles. The molecule has 3 aliphatic rings. The maximum atomic E-state index is 10.5. The maximum absolute atomic E-state index is 10.5. The van der Waals surface area contributed by atoms with Gasteiger partial charge in [0.1, 0.15) is 0 Å². The zero-order valence-electron chi connectivity index (χ0n) is 15.8. The number of fused-ring (bicyclic) bond motifs is 2. The van der Waals surface area contributed by atoms with Crippen molar-refractivity contribution < 1.29 is 15.0 Å². The van der Waals surface area contributed by atoms with Crippen molar-refractivity contribution in [1.82, 2.24) is 0 Å². The van der Waals surface area contributed by atoms with E-state index in [1.807, 2.05) is 0 Å². The molecular weight excluding hydrogens is 312 g/mol. The predicted octanol–water partition coefficient (Wildman–Crippen LogP) is 5.35. The minimum absolute atomic E-state index is 0.263. The standard InChI is InChI=1S/C22H36O3/c1-2-3-6-9-20(23)13-12-18-14-17-15-19(16-17)21(18)10-7-4-5-8-11-22(24)25/h4,7,12-13,17-21,23H,2-3,5-6,8-11,14-16H2,1H3,(H,24,25)/b7-4-,13-12+/t17?,18-,19?,20+,21+/m0/s1. The molecule has 2 N–H and O–H groups in total. The summed E-state index contributed by atoms with van der Waals surface area (Å²) in [6, 6.07) is 0. The normalized spacial score (nSPS) is 29.8. The van der Waals surface area contributed by atoms with Crippen molar-refractivity contribution in [3.63, 3.8) is 0 Å². The monoisotopic (exact) mass is 348 g/mol. The van der Waals surface area contributed by atoms with Gasteiger partial charge < -0.3 is 10.2 Å². The lowest BCUT2D eigenvalue weighted by atomic mass is 9.55. The van der Waals surface area contributed by atoms with Crippen LogP contribution in [0, 0.1) is 23.7 Å². The van der Waals surface area contributed by atoms with Gasteiger partial charge in [-0.1, -0.05) is 50.5 Å². The van der Waals surface area contributed by atoms with Gasteiger partial charge in [-0.2, -0.15) is 0 Å². The Kier molecular flexibility index (Phi) is 8.74. The summed E-state index contributed by atoms with van der Waals surface area (Å²) in [5.74, 6) is 2.38. The SMILES string of the molecule is CCCCC[C@@H](O)/C=C/[C@H]1CC2CC(C2)[C@@H]1C/C=C\CCCC(=O)O. The highest BCUT2D eigenvalue weighted by Crippen LogP contribution is 2.53. The van der Waals surface area contributed by atoms with Gasteiger partial charge in [0.2, 0.25) is 0 Å². The number of aliphatic hydroxyl groups is 1. The van der Waals surface area contributed by atoms with Crippen LogP contribution < -0.4 is 0 Å². The molecule has 0 spiro atoms. The maximum Gasteiger partial charge on any atom is 0.303 e. The Morgan fingerprint density at radius 3 is 2.68 bits per heavy atom. The van der Waals surface area contributed by atoms with Crippen LogP contribution in [0.15, 0.2) is 24.3 Å². The Bertz CT molecular complexity index is 448. The van der Waals surface area contributed by atoms with Crippen LogP contribution in [-0.4, -0.2) is 22.3 Å². The van der Waals surface area contributed by atoms with Crippen LogP contribution in [-0.2, 0) is 4.79 Å². The summed E-state index contributed by atoms with van der Waals surface area (Å²) in [6.45, 7) is 2.19. The highest BCUT2D eigenvalue weighted by Gasteiger charge is 2.43. The van der Waals surface area contributed by atoms with Gasteiger partial charge in [-0.15, -0.1) is 0 Å². The molecule has 0 amide bonds. The van der Waals surface area contributed by atoms with E-state index >= 15 is 0 Å². The third-order valence-electron chi connectivity index (χ3n) is 6.05. The van der Waals surface area contributed by atoms with Gasteiger partial charge in [0.25, 0.3) is 0 Å². The fraction of sp³-hybridized carbons (Fsp3) is 0.773. The first-order valence-corrected chi connectivity index (χ1v) is 10.3. The van der Waals surface area contributed by atoms with Crippen LogP contribution in [0.3, 0.4) is 0 Å². The first-order chi connectivity index (χ1) is 12.1. The predicted molar refractivity (Wildman–Crippen MR) is 102 cm³/mol. The minimum Gasteiger partial charge on any atom is -0.481 e. The summed E-state index contributed by atoms with van der Waals surface area (Å²) in [4.78, 5) is 10.5. The largest absolute Gasteiger partial charge is 0.481 e. The van der Waals surface area contributed by atoms with Crippen molar-refractivity contribution in [3.8, 4) is 0 Å². The van der Waals surface area contributed by atoms with E-state index < -0.39 is 5.97 Å². The molecule has 0 aromatic carbocycles. The second kappa shape index (κ2) is 10.8. The van der Waals surface area contributed by atoms with Crippen molar-refractivity contribution in [2.45, 2.75) is 83.7 Å². The molecule has 0 unspecified atom stereocenters. The molecule has 3 aliphatic carbocycles. The third kappa shape index (κ3) is 6.97. The highest BCUT2D eigenvalue weighted by atomic mass is 16.4. The molecule has 3 atom stereocenters. The highest BCUT2D eigenvalue weighted by molar-refractivity contribution is 5.66. The van der Waals surface area contributed by atoms with E-state index in [1.54, 1.807) is 0 Å². The lowest BCUT2D eigenvalue weighted by Gasteiger charge is -2.50. The number of rotatable bonds is 12. The summed E-state index contributed by atoms with van der Waals surface area (Å²) >= 11 is 0. The van der Waals surface area contributed by atoms with Gasteiger partial charge in [0.15, 0.2) is 0 Å². The number of carboxylic acids is 1. The number of carboxylic acid groups (broad SMARTS) is 1. The van der Waals surface area contributed by atoms with Crippen LogP contribution in [0.5, 0.6) is 0 Å². The van der Waals surface area contributed by atoms with E-state index in [4.69, 9.17) is 5.11 Å². The summed E-state index contributed by atoms with van der Waals surface area (Å²) in [5, 5.41) is 18.8. The number of unbranched alkanes of at least 4 members (excludes halogenated alkanes) is 3. The Hall–Kier alpha value is -1.09. The lowest BCUT2D eigenvalue weighted by Crippen LogP contribution is -2.41. The molecule has 0 radical (unpaired) electrons. The van der Waals surface area contributed by atoms with Crippen molar-refractivity contribution in [2.24, 2.45) is 23.7 Å². The molecule has 0 aromatic heterocycles. The van der Waals surface area contributed by atoms with E-state index in [9.17, 15) is 9.90 Å². The first kappa shape index (κ1) is 20.2. The van der Waals surface area contributed by atoms with Crippen LogP contribution in [0.2, 0.25) is 0 Å². The van der Waals surface area contributed by atoms with E-state index in [0.717, 1.165) is 43.9 Å². The van der Waals surface area contributed by atoms with Crippen molar-refractivity contribution in [3.05, 3.63) is 24.3 Å². The Morgan fingerprint density at radius 2 is 1.96 bits per heavy atom. The van der Waals surface area contributed by atoms with Crippen LogP contribution in [0.25, 0.3) is 0 Å². The zero-order chi connectivity index (χ0) is 18.1.